The van der Waals surface area contributed by atoms with Crippen molar-refractivity contribution in [3.8, 4) is 11.5 Å². The van der Waals surface area contributed by atoms with Crippen molar-refractivity contribution in [3.63, 3.8) is 0 Å². The topological polar surface area (TPSA) is 214 Å². The van der Waals surface area contributed by atoms with Crippen LogP contribution in [0.2, 0.25) is 0 Å². The molecule has 0 unspecified atom stereocenters. The molecule has 14 heteroatoms. The van der Waals surface area contributed by atoms with Crippen LogP contribution in [0.15, 0.2) is 81.1 Å². The van der Waals surface area contributed by atoms with Crippen molar-refractivity contribution in [2.45, 2.75) is 39.4 Å². The molecule has 0 aliphatic carbocycles. The summed E-state index contributed by atoms with van der Waals surface area (Å²) in [5.74, 6) is 1.09. The molecule has 0 N–H and O–H groups in total. The molecule has 0 radical (unpaired) electrons. The van der Waals surface area contributed by atoms with Gasteiger partial charge in [-0.1, -0.05) is 56.9 Å². The molecule has 0 fully saturated rings. The number of nitrogens with zero attached hydrogens (tertiary/aromatic N) is 12. The molecule has 190 valence electrons. The van der Waals surface area contributed by atoms with Crippen molar-refractivity contribution in [3.05, 3.63) is 136 Å². The Balaban J connectivity index is 1.76. The minimum absolute atomic E-state index is 0.141. The van der Waals surface area contributed by atoms with Crippen LogP contribution in [-0.2, 0) is 39.4 Å². The fourth-order valence-electron chi connectivity index (χ4n) is 3.60. The third-order valence-electron chi connectivity index (χ3n) is 5.23. The van der Waals surface area contributed by atoms with Gasteiger partial charge in [-0.2, -0.15) is 0 Å². The van der Waals surface area contributed by atoms with Gasteiger partial charge in [0, 0.05) is 19.6 Å². The molecule has 0 spiro atoms. The van der Waals surface area contributed by atoms with E-state index >= 15 is 0 Å². The van der Waals surface area contributed by atoms with E-state index in [-0.39, 0.29) is 39.4 Å². The van der Waals surface area contributed by atoms with Gasteiger partial charge in [0.15, 0.2) is 0 Å². The highest BCUT2D eigenvalue weighted by atomic mass is 16.5. The zero-order valence-corrected chi connectivity index (χ0v) is 20.2. The quantitative estimate of drug-likeness (QED) is 0.119. The Morgan fingerprint density at radius 1 is 0.500 bits per heavy atom. The van der Waals surface area contributed by atoms with Crippen molar-refractivity contribution < 1.29 is 9.47 Å². The van der Waals surface area contributed by atoms with Crippen molar-refractivity contribution >= 4 is 0 Å². The smallest absolute Gasteiger partial charge is 0.120 e. The first-order chi connectivity index (χ1) is 18.6. The maximum atomic E-state index is 8.64. The minimum atomic E-state index is 0.141. The number of hydrogen-bond donors (Lipinski definition) is 0. The highest BCUT2D eigenvalue weighted by Crippen LogP contribution is 2.24. The number of rotatable bonds is 14. The molecule has 0 saturated heterocycles. The van der Waals surface area contributed by atoms with Gasteiger partial charge >= 0.3 is 0 Å². The molecule has 0 amide bonds. The lowest BCUT2D eigenvalue weighted by molar-refractivity contribution is 0.285. The van der Waals surface area contributed by atoms with E-state index in [0.717, 1.165) is 33.4 Å². The fraction of sp³-hybridized carbons (Fsp3) is 0.250. The lowest BCUT2D eigenvalue weighted by Crippen LogP contribution is -2.04. The van der Waals surface area contributed by atoms with E-state index in [0.29, 0.717) is 11.5 Å². The molecule has 0 aliphatic rings. The lowest BCUT2D eigenvalue weighted by atomic mass is 10.1. The number of benzene rings is 3. The number of ether oxygens (including phenoxy) is 2. The van der Waals surface area contributed by atoms with Gasteiger partial charge in [-0.3, -0.25) is 0 Å². The maximum absolute atomic E-state index is 8.64. The van der Waals surface area contributed by atoms with Gasteiger partial charge in [-0.25, -0.2) is 0 Å². The second kappa shape index (κ2) is 14.8. The zero-order chi connectivity index (χ0) is 27.0. The highest BCUT2D eigenvalue weighted by molar-refractivity contribution is 5.37. The molecule has 14 nitrogen and oxygen atoms in total. The molecular weight excluding hydrogens is 488 g/mol. The van der Waals surface area contributed by atoms with Crippen LogP contribution in [0, 0.1) is 0 Å². The SMILES string of the molecule is [N-]=[N+]=NCc1cc(CN=[N+]=[N-])cc(OCc2ccccc2COc2cc(CN=[N+]=[N-])cc(CN=[N+]=[N-])c2)c1. The van der Waals surface area contributed by atoms with E-state index in [4.69, 9.17) is 31.6 Å². The summed E-state index contributed by atoms with van der Waals surface area (Å²) in [7, 11) is 0. The summed E-state index contributed by atoms with van der Waals surface area (Å²) in [4.78, 5) is 11.2. The average molecular weight is 511 g/mol. The van der Waals surface area contributed by atoms with Crippen LogP contribution in [-0.4, -0.2) is 0 Å². The summed E-state index contributed by atoms with van der Waals surface area (Å²) in [6.45, 7) is 1.04. The third-order valence-corrected chi connectivity index (χ3v) is 5.23. The molecule has 0 bridgehead atoms. The Morgan fingerprint density at radius 3 is 1.11 bits per heavy atom. The average Bonchev–Trinajstić information content (AvgIpc) is 2.95. The molecule has 0 heterocycles. The van der Waals surface area contributed by atoms with Crippen LogP contribution >= 0.6 is 0 Å². The van der Waals surface area contributed by atoms with Gasteiger partial charge in [-0.15, -0.1) is 0 Å². The number of hydrogen-bond acceptors (Lipinski definition) is 6. The fourth-order valence-corrected chi connectivity index (χ4v) is 3.60. The van der Waals surface area contributed by atoms with Gasteiger partial charge in [-0.05, 0) is 79.8 Å². The van der Waals surface area contributed by atoms with Gasteiger partial charge in [0.2, 0.25) is 0 Å². The molecular formula is C24H22N12O2. The second-order valence-electron chi connectivity index (χ2n) is 7.87. The molecule has 3 aromatic rings. The zero-order valence-electron chi connectivity index (χ0n) is 20.2. The Kier molecular flexibility index (Phi) is 10.6. The van der Waals surface area contributed by atoms with Gasteiger partial charge < -0.3 is 9.47 Å². The Hall–Kier alpha value is -5.50. The predicted molar refractivity (Wildman–Crippen MR) is 139 cm³/mol. The van der Waals surface area contributed by atoms with E-state index in [1.165, 1.54) is 0 Å². The van der Waals surface area contributed by atoms with Crippen molar-refractivity contribution in [1.29, 1.82) is 0 Å². The van der Waals surface area contributed by atoms with Crippen molar-refractivity contribution in [1.82, 2.24) is 0 Å². The summed E-state index contributed by atoms with van der Waals surface area (Å²) in [6.07, 6.45) is 0. The van der Waals surface area contributed by atoms with Gasteiger partial charge in [0.1, 0.15) is 24.7 Å². The summed E-state index contributed by atoms with van der Waals surface area (Å²) >= 11 is 0. The Labute approximate surface area is 216 Å². The molecule has 0 aromatic heterocycles. The molecule has 3 aromatic carbocycles. The standard InChI is InChI=1S/C24H22N12O2/c25-33-29-11-17-5-18(12-30-34-26)8-23(7-17)37-15-21-3-1-2-4-22(21)16-38-24-9-19(13-31-35-27)6-20(10-24)14-32-36-28/h1-10H,11-16H2. The first-order valence-electron chi connectivity index (χ1n) is 11.3. The first kappa shape index (κ1) is 27.1. The van der Waals surface area contributed by atoms with Crippen LogP contribution in [0.4, 0.5) is 0 Å². The monoisotopic (exact) mass is 510 g/mol. The summed E-state index contributed by atoms with van der Waals surface area (Å²) in [5, 5.41) is 14.4. The summed E-state index contributed by atoms with van der Waals surface area (Å²) in [5.41, 5.74) is 39.3. The van der Waals surface area contributed by atoms with Crippen LogP contribution in [0.1, 0.15) is 33.4 Å². The van der Waals surface area contributed by atoms with E-state index in [1.807, 2.05) is 24.3 Å². The second-order valence-corrected chi connectivity index (χ2v) is 7.87. The first-order valence-corrected chi connectivity index (χ1v) is 11.3. The van der Waals surface area contributed by atoms with Gasteiger partial charge in [0.25, 0.3) is 0 Å². The minimum Gasteiger partial charge on any atom is -0.489 e. The van der Waals surface area contributed by atoms with Gasteiger partial charge in [0.05, 0.1) is 26.2 Å². The van der Waals surface area contributed by atoms with Crippen LogP contribution in [0.25, 0.3) is 41.8 Å². The van der Waals surface area contributed by atoms with E-state index < -0.39 is 0 Å². The number of azide groups is 4. The molecule has 38 heavy (non-hydrogen) atoms. The molecule has 0 saturated carbocycles. The van der Waals surface area contributed by atoms with E-state index in [1.54, 1.807) is 36.4 Å². The summed E-state index contributed by atoms with van der Waals surface area (Å²) in [6, 6.07) is 18.3. The van der Waals surface area contributed by atoms with Crippen LogP contribution in [0.3, 0.4) is 0 Å². The maximum Gasteiger partial charge on any atom is 0.120 e. The van der Waals surface area contributed by atoms with Crippen molar-refractivity contribution in [2.24, 2.45) is 20.5 Å². The molecule has 0 atom stereocenters. The summed E-state index contributed by atoms with van der Waals surface area (Å²) < 4.78 is 12.1. The normalized spacial score (nSPS) is 9.68. The highest BCUT2D eigenvalue weighted by Gasteiger charge is 2.08. The van der Waals surface area contributed by atoms with E-state index in [9.17, 15) is 0 Å². The third kappa shape index (κ3) is 8.62. The van der Waals surface area contributed by atoms with Crippen molar-refractivity contribution in [2.75, 3.05) is 0 Å². The molecule has 3 rings (SSSR count). The Morgan fingerprint density at radius 2 is 0.816 bits per heavy atom. The molecule has 0 aliphatic heterocycles. The Bertz CT molecular complexity index is 1280. The van der Waals surface area contributed by atoms with E-state index in [2.05, 4.69) is 40.1 Å². The van der Waals surface area contributed by atoms with Crippen LogP contribution in [0.5, 0.6) is 11.5 Å². The van der Waals surface area contributed by atoms with Crippen LogP contribution < -0.4 is 9.47 Å². The largest absolute Gasteiger partial charge is 0.489 e. The lowest BCUT2D eigenvalue weighted by Gasteiger charge is -2.14. The predicted octanol–water partition coefficient (Wildman–Crippen LogP) is 8.09.